The van der Waals surface area contributed by atoms with Crippen LogP contribution in [0.25, 0.3) is 16.7 Å². The number of fused-ring (bicyclic) bond motifs is 3. The van der Waals surface area contributed by atoms with Crippen molar-refractivity contribution in [2.24, 2.45) is 4.99 Å². The first-order valence-corrected chi connectivity index (χ1v) is 7.45. The van der Waals surface area contributed by atoms with Gasteiger partial charge in [0.05, 0.1) is 27.7 Å². The Labute approximate surface area is 133 Å². The minimum atomic E-state index is -0.286. The third kappa shape index (κ3) is 2.42. The summed E-state index contributed by atoms with van der Waals surface area (Å²) in [6.45, 7) is 7.68. The standard InChI is InChI=1S/C18H18N4O/c1-11-12(9-19)16-21-14-7-5-6-8-15(14)22(16)17(23)13(11)10-20-18(2,3)4/h5-8,10,21H,1-4H3. The average molecular weight is 306 g/mol. The molecule has 0 fully saturated rings. The van der Waals surface area contributed by atoms with E-state index in [1.54, 1.807) is 17.5 Å². The largest absolute Gasteiger partial charge is 0.338 e. The number of H-pyrrole nitrogens is 1. The van der Waals surface area contributed by atoms with Crippen LogP contribution in [0.5, 0.6) is 0 Å². The van der Waals surface area contributed by atoms with Crippen LogP contribution in [0, 0.1) is 18.3 Å². The van der Waals surface area contributed by atoms with E-state index in [1.807, 2.05) is 45.0 Å². The highest BCUT2D eigenvalue weighted by atomic mass is 16.1. The zero-order valence-corrected chi connectivity index (χ0v) is 13.6. The summed E-state index contributed by atoms with van der Waals surface area (Å²) >= 11 is 0. The number of hydrogen-bond acceptors (Lipinski definition) is 3. The number of benzene rings is 1. The van der Waals surface area contributed by atoms with Gasteiger partial charge in [-0.05, 0) is 45.4 Å². The van der Waals surface area contributed by atoms with Crippen molar-refractivity contribution in [2.75, 3.05) is 0 Å². The van der Waals surface area contributed by atoms with E-state index in [0.717, 1.165) is 11.0 Å². The van der Waals surface area contributed by atoms with Crippen LogP contribution in [-0.4, -0.2) is 21.1 Å². The van der Waals surface area contributed by atoms with Crippen molar-refractivity contribution in [2.45, 2.75) is 33.2 Å². The molecule has 0 saturated carbocycles. The van der Waals surface area contributed by atoms with Crippen LogP contribution in [0.2, 0.25) is 0 Å². The number of hydrogen-bond donors (Lipinski definition) is 1. The molecule has 5 heteroatoms. The summed E-state index contributed by atoms with van der Waals surface area (Å²) in [7, 11) is 0. The highest BCUT2D eigenvalue weighted by Gasteiger charge is 2.18. The summed E-state index contributed by atoms with van der Waals surface area (Å²) in [5.74, 6) is 0. The van der Waals surface area contributed by atoms with Crippen LogP contribution in [0.4, 0.5) is 0 Å². The van der Waals surface area contributed by atoms with Crippen LogP contribution in [0.15, 0.2) is 34.1 Å². The Morgan fingerprint density at radius 3 is 2.65 bits per heavy atom. The second-order valence-corrected chi connectivity index (χ2v) is 6.59. The lowest BCUT2D eigenvalue weighted by Gasteiger charge is -2.12. The molecule has 0 atom stereocenters. The van der Waals surface area contributed by atoms with Crippen LogP contribution >= 0.6 is 0 Å². The quantitative estimate of drug-likeness (QED) is 0.701. The third-order valence-corrected chi connectivity index (χ3v) is 3.76. The minimum Gasteiger partial charge on any atom is -0.338 e. The summed E-state index contributed by atoms with van der Waals surface area (Å²) in [5, 5.41) is 9.56. The van der Waals surface area contributed by atoms with E-state index in [4.69, 9.17) is 0 Å². The zero-order valence-electron chi connectivity index (χ0n) is 13.6. The first kappa shape index (κ1) is 15.0. The van der Waals surface area contributed by atoms with Gasteiger partial charge in [0.15, 0.2) is 0 Å². The molecule has 116 valence electrons. The van der Waals surface area contributed by atoms with Crippen molar-refractivity contribution in [3.8, 4) is 6.07 Å². The molecule has 0 radical (unpaired) electrons. The molecule has 5 nitrogen and oxygen atoms in total. The summed E-state index contributed by atoms with van der Waals surface area (Å²) in [5.41, 5.74) is 3.24. The maximum absolute atomic E-state index is 13.0. The van der Waals surface area contributed by atoms with Gasteiger partial charge in [-0.1, -0.05) is 12.1 Å². The van der Waals surface area contributed by atoms with Gasteiger partial charge >= 0.3 is 0 Å². The van der Waals surface area contributed by atoms with Crippen molar-refractivity contribution in [3.63, 3.8) is 0 Å². The fourth-order valence-corrected chi connectivity index (χ4v) is 2.60. The molecule has 1 N–H and O–H groups in total. The Kier molecular flexibility index (Phi) is 3.33. The number of imidazole rings is 1. The molecule has 0 unspecified atom stereocenters. The Morgan fingerprint density at radius 1 is 1.30 bits per heavy atom. The van der Waals surface area contributed by atoms with Gasteiger partial charge in [0.1, 0.15) is 11.7 Å². The van der Waals surface area contributed by atoms with Crippen LogP contribution in [0.1, 0.15) is 37.5 Å². The molecule has 0 aliphatic rings. The molecule has 3 rings (SSSR count). The van der Waals surface area contributed by atoms with Gasteiger partial charge in [0.2, 0.25) is 0 Å². The fraction of sp³-hybridized carbons (Fsp3) is 0.278. The van der Waals surface area contributed by atoms with Gasteiger partial charge in [-0.25, -0.2) is 0 Å². The molecule has 0 amide bonds. The summed E-state index contributed by atoms with van der Waals surface area (Å²) in [4.78, 5) is 20.6. The van der Waals surface area contributed by atoms with E-state index in [2.05, 4.69) is 16.0 Å². The van der Waals surface area contributed by atoms with E-state index in [1.165, 1.54) is 0 Å². The van der Waals surface area contributed by atoms with Gasteiger partial charge in [-0.3, -0.25) is 14.2 Å². The second-order valence-electron chi connectivity index (χ2n) is 6.59. The van der Waals surface area contributed by atoms with E-state index in [9.17, 15) is 10.1 Å². The number of aromatic nitrogens is 2. The first-order chi connectivity index (χ1) is 10.8. The van der Waals surface area contributed by atoms with Crippen LogP contribution in [0.3, 0.4) is 0 Å². The van der Waals surface area contributed by atoms with E-state index >= 15 is 0 Å². The molecule has 1 aromatic carbocycles. The Balaban J connectivity index is 2.48. The summed E-state index contributed by atoms with van der Waals surface area (Å²) < 4.78 is 1.56. The van der Waals surface area contributed by atoms with Crippen molar-refractivity contribution in [3.05, 3.63) is 51.3 Å². The lowest BCUT2D eigenvalue weighted by atomic mass is 10.1. The van der Waals surface area contributed by atoms with Crippen LogP contribution in [-0.2, 0) is 0 Å². The van der Waals surface area contributed by atoms with E-state index in [0.29, 0.717) is 22.3 Å². The van der Waals surface area contributed by atoms with Crippen molar-refractivity contribution in [1.82, 2.24) is 9.38 Å². The molecule has 2 heterocycles. The normalized spacial score (nSPS) is 12.3. The molecule has 0 aliphatic carbocycles. The number of aromatic amines is 1. The highest BCUT2D eigenvalue weighted by molar-refractivity contribution is 5.88. The number of nitriles is 1. The number of nitrogens with zero attached hydrogens (tertiary/aromatic N) is 3. The fourth-order valence-electron chi connectivity index (χ4n) is 2.60. The van der Waals surface area contributed by atoms with Gasteiger partial charge in [0.25, 0.3) is 5.56 Å². The summed E-state index contributed by atoms with van der Waals surface area (Å²) in [6, 6.07) is 9.73. The highest BCUT2D eigenvalue weighted by Crippen LogP contribution is 2.20. The number of aliphatic imine (C=N–C) groups is 1. The van der Waals surface area contributed by atoms with Crippen molar-refractivity contribution < 1.29 is 0 Å². The zero-order chi connectivity index (χ0) is 16.8. The van der Waals surface area contributed by atoms with Gasteiger partial charge in [-0.2, -0.15) is 5.26 Å². The molecule has 0 spiro atoms. The average Bonchev–Trinajstić information content (AvgIpc) is 2.85. The number of para-hydroxylation sites is 2. The predicted molar refractivity (Wildman–Crippen MR) is 92.3 cm³/mol. The molecular formula is C18H18N4O. The maximum Gasteiger partial charge on any atom is 0.265 e. The molecule has 2 aromatic heterocycles. The number of pyridine rings is 1. The van der Waals surface area contributed by atoms with Gasteiger partial charge < -0.3 is 4.98 Å². The van der Waals surface area contributed by atoms with Gasteiger partial charge in [0, 0.05) is 6.21 Å². The van der Waals surface area contributed by atoms with Crippen molar-refractivity contribution in [1.29, 1.82) is 5.26 Å². The number of nitrogens with one attached hydrogen (secondary N) is 1. The van der Waals surface area contributed by atoms with E-state index in [-0.39, 0.29) is 11.1 Å². The SMILES string of the molecule is Cc1c(C=NC(C)(C)C)c(=O)n2c([nH]c3ccccc32)c1C#N. The molecule has 0 saturated heterocycles. The predicted octanol–water partition coefficient (Wildman–Crippen LogP) is 3.18. The second kappa shape index (κ2) is 5.10. The smallest absolute Gasteiger partial charge is 0.265 e. The first-order valence-electron chi connectivity index (χ1n) is 7.45. The molecule has 3 aromatic rings. The van der Waals surface area contributed by atoms with Crippen molar-refractivity contribution >= 4 is 22.9 Å². The van der Waals surface area contributed by atoms with E-state index < -0.39 is 0 Å². The Bertz CT molecular complexity index is 1040. The molecule has 0 aliphatic heterocycles. The van der Waals surface area contributed by atoms with Crippen LogP contribution < -0.4 is 5.56 Å². The maximum atomic E-state index is 13.0. The number of rotatable bonds is 1. The summed E-state index contributed by atoms with van der Waals surface area (Å²) in [6.07, 6.45) is 1.59. The minimum absolute atomic E-state index is 0.165. The Hall–Kier alpha value is -2.87. The monoisotopic (exact) mass is 306 g/mol. The molecule has 0 bridgehead atoms. The molecular weight excluding hydrogens is 288 g/mol. The topological polar surface area (TPSA) is 73.4 Å². The lowest BCUT2D eigenvalue weighted by molar-refractivity contribution is 0.586. The van der Waals surface area contributed by atoms with Gasteiger partial charge in [-0.15, -0.1) is 0 Å². The lowest BCUT2D eigenvalue weighted by Crippen LogP contribution is -2.22. The third-order valence-electron chi connectivity index (χ3n) is 3.76. The molecule has 23 heavy (non-hydrogen) atoms. The Morgan fingerprint density at radius 2 is 2.00 bits per heavy atom.